The summed E-state index contributed by atoms with van der Waals surface area (Å²) >= 11 is 11.5. The monoisotopic (exact) mass is 360 g/mol. The molecule has 124 valence electrons. The van der Waals surface area contributed by atoms with Crippen molar-refractivity contribution in [1.82, 2.24) is 20.4 Å². The lowest BCUT2D eigenvalue weighted by molar-refractivity contribution is -0.139. The van der Waals surface area contributed by atoms with Crippen LogP contribution in [0.25, 0.3) is 0 Å². The van der Waals surface area contributed by atoms with E-state index < -0.39 is 23.6 Å². The first kappa shape index (κ1) is 17.3. The predicted octanol–water partition coefficient (Wildman–Crippen LogP) is 1.07. The van der Waals surface area contributed by atoms with Crippen molar-refractivity contribution in [3.8, 4) is 0 Å². The quantitative estimate of drug-likeness (QED) is 0.781. The van der Waals surface area contributed by atoms with Gasteiger partial charge < -0.3 is 15.4 Å². The molecule has 8 nitrogen and oxygen atoms in total. The van der Waals surface area contributed by atoms with Gasteiger partial charge in [0.15, 0.2) is 0 Å². The highest BCUT2D eigenvalue weighted by atomic mass is 35.5. The fourth-order valence-corrected chi connectivity index (χ4v) is 2.38. The van der Waals surface area contributed by atoms with Crippen molar-refractivity contribution >= 4 is 35.2 Å². The number of hydrogen-bond donors (Lipinski definition) is 2. The summed E-state index contributed by atoms with van der Waals surface area (Å²) in [5, 5.41) is 8.74. The highest BCUT2D eigenvalue weighted by Gasteiger charge is 2.30. The molecule has 0 aliphatic carbocycles. The van der Waals surface area contributed by atoms with Crippen molar-refractivity contribution in [3.05, 3.63) is 37.9 Å². The van der Waals surface area contributed by atoms with Crippen LogP contribution in [0.1, 0.15) is 13.8 Å². The number of carbonyl (C=O) groups excluding carboxylic acids is 2. The van der Waals surface area contributed by atoms with E-state index in [1.807, 2.05) is 0 Å². The van der Waals surface area contributed by atoms with Crippen LogP contribution in [-0.4, -0.2) is 34.4 Å². The topological polar surface area (TPSA) is 102 Å². The zero-order chi connectivity index (χ0) is 17.1. The van der Waals surface area contributed by atoms with E-state index in [-0.39, 0.29) is 34.5 Å². The van der Waals surface area contributed by atoms with E-state index in [0.717, 1.165) is 4.68 Å². The first-order valence-electron chi connectivity index (χ1n) is 6.74. The van der Waals surface area contributed by atoms with Crippen molar-refractivity contribution in [2.45, 2.75) is 26.4 Å². The van der Waals surface area contributed by atoms with Gasteiger partial charge in [-0.15, -0.1) is 0 Å². The molecule has 0 saturated carbocycles. The van der Waals surface area contributed by atoms with Gasteiger partial charge in [0.05, 0.1) is 41.7 Å². The van der Waals surface area contributed by atoms with Gasteiger partial charge in [-0.25, -0.2) is 14.3 Å². The van der Waals surface area contributed by atoms with Crippen LogP contribution in [0.3, 0.4) is 0 Å². The lowest BCUT2D eigenvalue weighted by Gasteiger charge is -2.26. The Morgan fingerprint density at radius 2 is 2.13 bits per heavy atom. The van der Waals surface area contributed by atoms with E-state index in [4.69, 9.17) is 27.9 Å². The van der Waals surface area contributed by atoms with Crippen LogP contribution < -0.4 is 16.2 Å². The van der Waals surface area contributed by atoms with Crippen molar-refractivity contribution in [3.63, 3.8) is 0 Å². The van der Waals surface area contributed by atoms with Gasteiger partial charge in [-0.05, 0) is 13.8 Å². The molecular weight excluding hydrogens is 347 g/mol. The third kappa shape index (κ3) is 3.65. The fourth-order valence-electron chi connectivity index (χ4n) is 2.11. The van der Waals surface area contributed by atoms with Crippen LogP contribution in [0, 0.1) is 0 Å². The Balaban J connectivity index is 2.45. The lowest BCUT2D eigenvalue weighted by Crippen LogP contribution is -2.50. The molecule has 2 heterocycles. The Bertz CT molecular complexity index is 744. The number of esters is 1. The largest absolute Gasteiger partial charge is 0.463 e. The molecule has 0 radical (unpaired) electrons. The smallest absolute Gasteiger partial charge is 0.337 e. The van der Waals surface area contributed by atoms with Gasteiger partial charge in [-0.2, -0.15) is 5.10 Å². The second-order valence-corrected chi connectivity index (χ2v) is 5.49. The molecule has 0 saturated heterocycles. The summed E-state index contributed by atoms with van der Waals surface area (Å²) in [4.78, 5) is 35.8. The Kier molecular flexibility index (Phi) is 5.27. The number of carbonyl (C=O) groups is 2. The normalized spacial score (nSPS) is 17.6. The molecule has 2 rings (SSSR count). The second-order valence-electron chi connectivity index (χ2n) is 4.70. The van der Waals surface area contributed by atoms with E-state index in [1.165, 1.54) is 6.20 Å². The molecule has 1 aromatic rings. The maximum Gasteiger partial charge on any atom is 0.337 e. The number of rotatable bonds is 4. The molecule has 2 N–H and O–H groups in total. The van der Waals surface area contributed by atoms with Crippen molar-refractivity contribution in [2.75, 3.05) is 6.61 Å². The Morgan fingerprint density at radius 1 is 1.43 bits per heavy atom. The maximum atomic E-state index is 12.1. The Labute approximate surface area is 141 Å². The highest BCUT2D eigenvalue weighted by molar-refractivity contribution is 6.41. The molecule has 1 aliphatic rings. The predicted molar refractivity (Wildman–Crippen MR) is 83.3 cm³/mol. The molecule has 0 bridgehead atoms. The highest BCUT2D eigenvalue weighted by Crippen LogP contribution is 2.17. The summed E-state index contributed by atoms with van der Waals surface area (Å²) in [6, 6.07) is -1.06. The van der Waals surface area contributed by atoms with Crippen molar-refractivity contribution in [2.24, 2.45) is 0 Å². The summed E-state index contributed by atoms with van der Waals surface area (Å²) < 4.78 is 5.99. The van der Waals surface area contributed by atoms with Gasteiger partial charge in [0.2, 0.25) is 0 Å². The van der Waals surface area contributed by atoms with Crippen LogP contribution in [0.4, 0.5) is 4.79 Å². The van der Waals surface area contributed by atoms with Crippen LogP contribution in [0.15, 0.2) is 22.3 Å². The molecule has 1 atom stereocenters. The maximum absolute atomic E-state index is 12.1. The number of allylic oxidation sites excluding steroid dienone is 1. The molecule has 0 fully saturated rings. The minimum atomic E-state index is -0.629. The molecule has 23 heavy (non-hydrogen) atoms. The van der Waals surface area contributed by atoms with Crippen LogP contribution in [0.2, 0.25) is 10.0 Å². The second kappa shape index (κ2) is 7.01. The Hall–Kier alpha value is -2.06. The average molecular weight is 361 g/mol. The zero-order valence-corrected chi connectivity index (χ0v) is 13.9. The van der Waals surface area contributed by atoms with Gasteiger partial charge in [0.25, 0.3) is 5.56 Å². The average Bonchev–Trinajstić information content (AvgIpc) is 2.47. The lowest BCUT2D eigenvalue weighted by atomic mass is 10.0. The third-order valence-corrected chi connectivity index (χ3v) is 3.86. The first-order valence-corrected chi connectivity index (χ1v) is 7.49. The van der Waals surface area contributed by atoms with Gasteiger partial charge in [0, 0.05) is 0 Å². The number of halogens is 2. The van der Waals surface area contributed by atoms with Gasteiger partial charge >= 0.3 is 12.0 Å². The third-order valence-electron chi connectivity index (χ3n) is 3.12. The van der Waals surface area contributed by atoms with E-state index in [0.29, 0.717) is 0 Å². The molecule has 10 heteroatoms. The minimum absolute atomic E-state index is 0.0234. The summed E-state index contributed by atoms with van der Waals surface area (Å²) in [5.41, 5.74) is -0.200. The molecular formula is C13H14Cl2N4O4. The van der Waals surface area contributed by atoms with Crippen LogP contribution >= 0.6 is 23.2 Å². The minimum Gasteiger partial charge on any atom is -0.463 e. The molecule has 1 aliphatic heterocycles. The molecule has 0 spiro atoms. The van der Waals surface area contributed by atoms with E-state index in [9.17, 15) is 14.4 Å². The molecule has 0 unspecified atom stereocenters. The number of urea groups is 1. The molecule has 0 aromatic carbocycles. The summed E-state index contributed by atoms with van der Waals surface area (Å²) in [6.07, 6.45) is 1.21. The Morgan fingerprint density at radius 3 is 2.78 bits per heavy atom. The van der Waals surface area contributed by atoms with Gasteiger partial charge in [-0.1, -0.05) is 23.2 Å². The zero-order valence-electron chi connectivity index (χ0n) is 12.4. The van der Waals surface area contributed by atoms with Crippen molar-refractivity contribution in [1.29, 1.82) is 0 Å². The summed E-state index contributed by atoms with van der Waals surface area (Å²) in [7, 11) is 0. The molecule has 2 amide bonds. The van der Waals surface area contributed by atoms with Crippen molar-refractivity contribution < 1.29 is 14.3 Å². The summed E-state index contributed by atoms with van der Waals surface area (Å²) in [5.74, 6) is -0.587. The van der Waals surface area contributed by atoms with E-state index in [1.54, 1.807) is 13.8 Å². The standard InChI is InChI=1S/C13H14Cl2N4O4/c1-3-23-12(21)9-6(2)17-13(22)18-8(9)5-19-11(20)10(15)7(14)4-16-19/h4,6H,3,5H2,1-2H3,(H2,17,18,22)/t6-/m1/s1. The number of nitrogens with one attached hydrogen (secondary N) is 2. The fraction of sp³-hybridized carbons (Fsp3) is 0.385. The van der Waals surface area contributed by atoms with E-state index >= 15 is 0 Å². The van der Waals surface area contributed by atoms with Gasteiger partial charge in [-0.3, -0.25) is 4.79 Å². The first-order chi connectivity index (χ1) is 10.8. The van der Waals surface area contributed by atoms with Gasteiger partial charge in [0.1, 0.15) is 5.02 Å². The SMILES string of the molecule is CCOC(=O)C1=C(Cn2ncc(Cl)c(Cl)c2=O)NC(=O)N[C@@H]1C. The number of amides is 2. The number of nitrogens with zero attached hydrogens (tertiary/aromatic N) is 2. The summed E-state index contributed by atoms with van der Waals surface area (Å²) in [6.45, 7) is 3.33. The van der Waals surface area contributed by atoms with E-state index in [2.05, 4.69) is 15.7 Å². The number of aromatic nitrogens is 2. The number of hydrogen-bond acceptors (Lipinski definition) is 5. The number of ether oxygens (including phenoxy) is 1. The van der Waals surface area contributed by atoms with Crippen LogP contribution in [0.5, 0.6) is 0 Å². The molecule has 1 aromatic heterocycles. The van der Waals surface area contributed by atoms with Crippen LogP contribution in [-0.2, 0) is 16.1 Å².